The summed E-state index contributed by atoms with van der Waals surface area (Å²) in [6.07, 6.45) is 0. The molecule has 0 saturated carbocycles. The Balaban J connectivity index is 2.19. The number of rotatable bonds is 2. The fourth-order valence-electron chi connectivity index (χ4n) is 1.86. The molecule has 0 spiro atoms. The summed E-state index contributed by atoms with van der Waals surface area (Å²) in [6.45, 7) is -0.456. The zero-order chi connectivity index (χ0) is 15.6. The molecule has 1 aromatic rings. The molecule has 1 unspecified atom stereocenters. The van der Waals surface area contributed by atoms with E-state index in [4.69, 9.17) is 16.7 Å². The molecule has 0 bridgehead atoms. The topological polar surface area (TPSA) is 98.7 Å². The van der Waals surface area contributed by atoms with Crippen LogP contribution < -0.4 is 10.6 Å². The predicted molar refractivity (Wildman–Crippen MR) is 79.3 cm³/mol. The Hall–Kier alpha value is -1.80. The third-order valence-electron chi connectivity index (χ3n) is 2.90. The summed E-state index contributed by atoms with van der Waals surface area (Å²) in [6, 6.07) is 3.05. The largest absolute Gasteiger partial charge is 0.480 e. The lowest BCUT2D eigenvalue weighted by Gasteiger charge is -2.32. The fourth-order valence-corrected chi connectivity index (χ4v) is 2.38. The van der Waals surface area contributed by atoms with Gasteiger partial charge in [-0.2, -0.15) is 0 Å². The van der Waals surface area contributed by atoms with Crippen LogP contribution in [0.3, 0.4) is 0 Å². The molecule has 3 amide bonds. The van der Waals surface area contributed by atoms with E-state index in [2.05, 4.69) is 26.6 Å². The molecular formula is C12H11BrClN3O4. The second kappa shape index (κ2) is 6.31. The summed E-state index contributed by atoms with van der Waals surface area (Å²) in [5, 5.41) is 14.3. The van der Waals surface area contributed by atoms with Crippen LogP contribution in [0.25, 0.3) is 0 Å². The minimum Gasteiger partial charge on any atom is -0.480 e. The zero-order valence-corrected chi connectivity index (χ0v) is 12.9. The zero-order valence-electron chi connectivity index (χ0n) is 10.6. The smallest absolute Gasteiger partial charge is 0.328 e. The minimum absolute atomic E-state index is 0.131. The van der Waals surface area contributed by atoms with Crippen molar-refractivity contribution >= 4 is 51.1 Å². The Kier molecular flexibility index (Phi) is 4.69. The molecule has 0 radical (unpaired) electrons. The number of carboxylic acids is 1. The number of carboxylic acid groups (broad SMARTS) is 1. The molecule has 112 valence electrons. The number of aliphatic carboxylic acids is 1. The highest BCUT2D eigenvalue weighted by atomic mass is 79.9. The van der Waals surface area contributed by atoms with Gasteiger partial charge in [-0.3, -0.25) is 9.69 Å². The van der Waals surface area contributed by atoms with Crippen molar-refractivity contribution in [3.63, 3.8) is 0 Å². The minimum atomic E-state index is -1.19. The van der Waals surface area contributed by atoms with Crippen LogP contribution in [0.1, 0.15) is 0 Å². The third kappa shape index (κ3) is 3.64. The van der Waals surface area contributed by atoms with Crippen LogP contribution in [0.5, 0.6) is 0 Å². The Bertz CT molecular complexity index is 610. The number of nitrogens with one attached hydrogen (secondary N) is 2. The highest BCUT2D eigenvalue weighted by molar-refractivity contribution is 9.10. The van der Waals surface area contributed by atoms with Crippen LogP contribution in [0.4, 0.5) is 10.5 Å². The summed E-state index contributed by atoms with van der Waals surface area (Å²) in [5.41, 5.74) is 0.325. The van der Waals surface area contributed by atoms with E-state index in [-0.39, 0.29) is 13.1 Å². The second-order valence-electron chi connectivity index (χ2n) is 4.34. The van der Waals surface area contributed by atoms with Crippen molar-refractivity contribution in [1.82, 2.24) is 10.2 Å². The van der Waals surface area contributed by atoms with Gasteiger partial charge in [0.2, 0.25) is 5.91 Å². The maximum absolute atomic E-state index is 12.2. The van der Waals surface area contributed by atoms with E-state index in [1.165, 1.54) is 0 Å². The molecular weight excluding hydrogens is 366 g/mol. The van der Waals surface area contributed by atoms with Crippen molar-refractivity contribution in [2.45, 2.75) is 6.04 Å². The molecule has 1 aromatic carbocycles. The monoisotopic (exact) mass is 375 g/mol. The highest BCUT2D eigenvalue weighted by Gasteiger charge is 2.35. The summed E-state index contributed by atoms with van der Waals surface area (Å²) in [5.74, 6) is -1.60. The van der Waals surface area contributed by atoms with Gasteiger partial charge in [0.1, 0.15) is 12.6 Å². The molecule has 9 heteroatoms. The molecule has 2 rings (SSSR count). The number of halogens is 2. The Morgan fingerprint density at radius 3 is 2.86 bits per heavy atom. The first kappa shape index (κ1) is 15.6. The van der Waals surface area contributed by atoms with Gasteiger partial charge >= 0.3 is 12.0 Å². The van der Waals surface area contributed by atoms with Crippen LogP contribution in [-0.4, -0.2) is 47.0 Å². The summed E-state index contributed by atoms with van der Waals surface area (Å²) < 4.78 is 0.702. The number of anilines is 1. The Morgan fingerprint density at radius 1 is 1.48 bits per heavy atom. The van der Waals surface area contributed by atoms with Crippen molar-refractivity contribution in [2.75, 3.05) is 18.4 Å². The van der Waals surface area contributed by atoms with Crippen LogP contribution >= 0.6 is 27.5 Å². The number of carbonyl (C=O) groups excluding carboxylic acids is 2. The molecule has 1 saturated heterocycles. The first-order valence-corrected chi connectivity index (χ1v) is 7.08. The lowest BCUT2D eigenvalue weighted by molar-refractivity contribution is -0.144. The summed E-state index contributed by atoms with van der Waals surface area (Å²) in [4.78, 5) is 35.6. The maximum Gasteiger partial charge on any atom is 0.328 e. The number of hydrogen-bond acceptors (Lipinski definition) is 3. The molecule has 1 heterocycles. The van der Waals surface area contributed by atoms with Gasteiger partial charge in [-0.05, 0) is 18.2 Å². The van der Waals surface area contributed by atoms with E-state index < -0.39 is 23.9 Å². The number of hydrogen-bond donors (Lipinski definition) is 3. The molecule has 3 N–H and O–H groups in total. The molecule has 1 aliphatic heterocycles. The van der Waals surface area contributed by atoms with E-state index in [0.717, 1.165) is 4.90 Å². The normalized spacial score (nSPS) is 18.1. The molecule has 1 aliphatic rings. The number of piperazine rings is 1. The quantitative estimate of drug-likeness (QED) is 0.729. The Morgan fingerprint density at radius 2 is 2.19 bits per heavy atom. The van der Waals surface area contributed by atoms with Crippen molar-refractivity contribution in [1.29, 1.82) is 0 Å². The molecule has 7 nitrogen and oxygen atoms in total. The van der Waals surface area contributed by atoms with Gasteiger partial charge < -0.3 is 15.7 Å². The van der Waals surface area contributed by atoms with E-state index in [1.807, 2.05) is 0 Å². The average Bonchev–Trinajstić information content (AvgIpc) is 2.42. The standard InChI is InChI=1S/C12H11BrClN3O4/c13-6-1-2-7(14)8(3-6)16-12(21)17-5-10(18)15-4-9(17)11(19)20/h1-3,9H,4-5H2,(H,15,18)(H,16,21)(H,19,20). The van der Waals surface area contributed by atoms with E-state index in [0.29, 0.717) is 15.2 Å². The third-order valence-corrected chi connectivity index (χ3v) is 3.72. The number of carbonyl (C=O) groups is 3. The summed E-state index contributed by atoms with van der Waals surface area (Å²) in [7, 11) is 0. The van der Waals surface area contributed by atoms with Crippen molar-refractivity contribution in [3.05, 3.63) is 27.7 Å². The number of urea groups is 1. The molecule has 21 heavy (non-hydrogen) atoms. The lowest BCUT2D eigenvalue weighted by Crippen LogP contribution is -2.60. The molecule has 0 aromatic heterocycles. The van der Waals surface area contributed by atoms with Crippen molar-refractivity contribution in [3.8, 4) is 0 Å². The van der Waals surface area contributed by atoms with E-state index in [1.54, 1.807) is 18.2 Å². The lowest BCUT2D eigenvalue weighted by atomic mass is 10.2. The van der Waals surface area contributed by atoms with Gasteiger partial charge in [-0.25, -0.2) is 9.59 Å². The number of benzene rings is 1. The first-order valence-electron chi connectivity index (χ1n) is 5.90. The van der Waals surface area contributed by atoms with Crippen LogP contribution in [0.15, 0.2) is 22.7 Å². The second-order valence-corrected chi connectivity index (χ2v) is 5.66. The number of amides is 3. The van der Waals surface area contributed by atoms with Gasteiger partial charge in [0.15, 0.2) is 0 Å². The molecule has 0 aliphatic carbocycles. The SMILES string of the molecule is O=C1CN(C(=O)Nc2cc(Br)ccc2Cl)C(C(=O)O)CN1. The van der Waals surface area contributed by atoms with Gasteiger partial charge in [-0.15, -0.1) is 0 Å². The van der Waals surface area contributed by atoms with Gasteiger partial charge in [0.05, 0.1) is 10.7 Å². The molecule has 1 atom stereocenters. The number of nitrogens with zero attached hydrogens (tertiary/aromatic N) is 1. The van der Waals surface area contributed by atoms with Gasteiger partial charge in [0.25, 0.3) is 0 Å². The van der Waals surface area contributed by atoms with E-state index in [9.17, 15) is 14.4 Å². The van der Waals surface area contributed by atoms with Crippen LogP contribution in [0, 0.1) is 0 Å². The van der Waals surface area contributed by atoms with Crippen LogP contribution in [0.2, 0.25) is 5.02 Å². The van der Waals surface area contributed by atoms with Crippen molar-refractivity contribution in [2.24, 2.45) is 0 Å². The predicted octanol–water partition coefficient (Wildman–Crippen LogP) is 1.52. The van der Waals surface area contributed by atoms with E-state index >= 15 is 0 Å². The first-order chi connectivity index (χ1) is 9.88. The Labute approximate surface area is 133 Å². The van der Waals surface area contributed by atoms with Gasteiger partial charge in [-0.1, -0.05) is 27.5 Å². The average molecular weight is 377 g/mol. The maximum atomic E-state index is 12.2. The van der Waals surface area contributed by atoms with Crippen molar-refractivity contribution < 1.29 is 19.5 Å². The fraction of sp³-hybridized carbons (Fsp3) is 0.250. The highest BCUT2D eigenvalue weighted by Crippen LogP contribution is 2.26. The van der Waals surface area contributed by atoms with Gasteiger partial charge in [0, 0.05) is 11.0 Å². The summed E-state index contributed by atoms with van der Waals surface area (Å²) >= 11 is 9.20. The van der Waals surface area contributed by atoms with Crippen LogP contribution in [-0.2, 0) is 9.59 Å². The molecule has 1 fully saturated rings.